The lowest BCUT2D eigenvalue weighted by atomic mass is 9.87. The molecule has 2 aromatic carbocycles. The molecule has 2 aromatic rings. The van der Waals surface area contributed by atoms with Crippen LogP contribution >= 0.6 is 35.0 Å². The number of hydrogen-bond acceptors (Lipinski definition) is 4. The number of hydrogen-bond donors (Lipinski definition) is 2. The normalized spacial score (nSPS) is 18.9. The van der Waals surface area contributed by atoms with Crippen LogP contribution in [0.3, 0.4) is 0 Å². The van der Waals surface area contributed by atoms with Gasteiger partial charge in [-0.05, 0) is 30.2 Å². The fourth-order valence-electron chi connectivity index (χ4n) is 2.93. The SMILES string of the molecule is CCC1(c2ccccc2)NC(=O)N(NC(=O)CSc2cc(Cl)ccc2Cl)C1=O. The Kier molecular flexibility index (Phi) is 6.17. The maximum atomic E-state index is 13.0. The van der Waals surface area contributed by atoms with E-state index in [1.165, 1.54) is 0 Å². The summed E-state index contributed by atoms with van der Waals surface area (Å²) in [6, 6.07) is 13.2. The van der Waals surface area contributed by atoms with Gasteiger partial charge in [-0.25, -0.2) is 4.79 Å². The van der Waals surface area contributed by atoms with Gasteiger partial charge in [0.15, 0.2) is 0 Å². The molecule has 1 heterocycles. The van der Waals surface area contributed by atoms with Gasteiger partial charge in [-0.1, -0.05) is 60.5 Å². The number of halogens is 2. The summed E-state index contributed by atoms with van der Waals surface area (Å²) in [4.78, 5) is 38.3. The van der Waals surface area contributed by atoms with Gasteiger partial charge < -0.3 is 5.32 Å². The van der Waals surface area contributed by atoms with Crippen molar-refractivity contribution < 1.29 is 14.4 Å². The molecule has 1 unspecified atom stereocenters. The first-order valence-electron chi connectivity index (χ1n) is 8.47. The first kappa shape index (κ1) is 20.5. The van der Waals surface area contributed by atoms with Gasteiger partial charge in [0.25, 0.3) is 5.91 Å². The Morgan fingerprint density at radius 1 is 1.18 bits per heavy atom. The first-order valence-corrected chi connectivity index (χ1v) is 10.2. The molecule has 3 rings (SSSR count). The maximum absolute atomic E-state index is 13.0. The van der Waals surface area contributed by atoms with Gasteiger partial charge in [0, 0.05) is 9.92 Å². The molecule has 1 fully saturated rings. The number of nitrogens with zero attached hydrogens (tertiary/aromatic N) is 1. The highest BCUT2D eigenvalue weighted by Gasteiger charge is 2.52. The Balaban J connectivity index is 1.70. The number of rotatable bonds is 6. The van der Waals surface area contributed by atoms with Crippen LogP contribution in [0.25, 0.3) is 0 Å². The molecule has 0 aliphatic carbocycles. The molecule has 28 heavy (non-hydrogen) atoms. The second-order valence-corrected chi connectivity index (χ2v) is 7.95. The Morgan fingerprint density at radius 3 is 2.57 bits per heavy atom. The van der Waals surface area contributed by atoms with Crippen LogP contribution in [0.4, 0.5) is 4.79 Å². The highest BCUT2D eigenvalue weighted by atomic mass is 35.5. The van der Waals surface area contributed by atoms with Crippen LogP contribution in [0.5, 0.6) is 0 Å². The van der Waals surface area contributed by atoms with E-state index in [-0.39, 0.29) is 5.75 Å². The van der Waals surface area contributed by atoms with Crippen LogP contribution in [0.15, 0.2) is 53.4 Å². The number of amides is 4. The first-order chi connectivity index (χ1) is 13.4. The van der Waals surface area contributed by atoms with Gasteiger partial charge in [-0.15, -0.1) is 11.8 Å². The van der Waals surface area contributed by atoms with Gasteiger partial charge in [0.2, 0.25) is 5.91 Å². The number of imide groups is 1. The summed E-state index contributed by atoms with van der Waals surface area (Å²) in [6.07, 6.45) is 0.348. The third kappa shape index (κ3) is 3.97. The minimum atomic E-state index is -1.20. The van der Waals surface area contributed by atoms with E-state index in [0.29, 0.717) is 26.9 Å². The molecule has 0 spiro atoms. The van der Waals surface area contributed by atoms with Crippen molar-refractivity contribution in [3.63, 3.8) is 0 Å². The molecule has 1 atom stereocenters. The minimum absolute atomic E-state index is 0.0401. The van der Waals surface area contributed by atoms with Gasteiger partial charge in [-0.3, -0.25) is 15.0 Å². The number of thioether (sulfide) groups is 1. The number of hydrazine groups is 1. The zero-order chi connectivity index (χ0) is 20.3. The van der Waals surface area contributed by atoms with E-state index in [9.17, 15) is 14.4 Å². The van der Waals surface area contributed by atoms with Crippen LogP contribution in [0, 0.1) is 0 Å². The molecule has 146 valence electrons. The summed E-state index contributed by atoms with van der Waals surface area (Å²) in [6.45, 7) is 1.80. The van der Waals surface area contributed by atoms with Crippen molar-refractivity contribution in [3.8, 4) is 0 Å². The van der Waals surface area contributed by atoms with Crippen LogP contribution in [0.1, 0.15) is 18.9 Å². The largest absolute Gasteiger partial charge is 0.344 e. The predicted octanol–water partition coefficient (Wildman–Crippen LogP) is 3.97. The molecule has 0 bridgehead atoms. The fourth-order valence-corrected chi connectivity index (χ4v) is 4.21. The number of carbonyl (C=O) groups excluding carboxylic acids is 3. The number of urea groups is 1. The molecule has 0 aromatic heterocycles. The predicted molar refractivity (Wildman–Crippen MR) is 109 cm³/mol. The van der Waals surface area contributed by atoms with Gasteiger partial charge >= 0.3 is 6.03 Å². The van der Waals surface area contributed by atoms with Crippen molar-refractivity contribution in [2.75, 3.05) is 5.75 Å². The van der Waals surface area contributed by atoms with Crippen molar-refractivity contribution in [2.45, 2.75) is 23.8 Å². The molecule has 1 aliphatic heterocycles. The average Bonchev–Trinajstić information content (AvgIpc) is 2.94. The Labute approximate surface area is 176 Å². The summed E-state index contributed by atoms with van der Waals surface area (Å²) < 4.78 is 0. The molecule has 4 amide bonds. The molecule has 1 saturated heterocycles. The second-order valence-electron chi connectivity index (χ2n) is 6.09. The van der Waals surface area contributed by atoms with Crippen molar-refractivity contribution in [3.05, 3.63) is 64.1 Å². The zero-order valence-corrected chi connectivity index (χ0v) is 17.2. The van der Waals surface area contributed by atoms with Crippen molar-refractivity contribution in [2.24, 2.45) is 0 Å². The standard InChI is InChI=1S/C19H17Cl2N3O3S/c1-2-19(12-6-4-3-5-7-12)17(26)24(18(27)22-19)23-16(25)11-28-15-10-13(20)8-9-14(15)21/h3-10H,2,11H2,1H3,(H,22,27)(H,23,25). The third-order valence-electron chi connectivity index (χ3n) is 4.38. The lowest BCUT2D eigenvalue weighted by Gasteiger charge is -2.25. The van der Waals surface area contributed by atoms with E-state index in [2.05, 4.69) is 10.7 Å². The van der Waals surface area contributed by atoms with Crippen molar-refractivity contribution >= 4 is 52.8 Å². The Hall–Kier alpha value is -2.22. The number of benzene rings is 2. The summed E-state index contributed by atoms with van der Waals surface area (Å²) >= 11 is 13.2. The lowest BCUT2D eigenvalue weighted by molar-refractivity contribution is -0.138. The van der Waals surface area contributed by atoms with Crippen LogP contribution in [0.2, 0.25) is 10.0 Å². The highest BCUT2D eigenvalue weighted by molar-refractivity contribution is 8.00. The van der Waals surface area contributed by atoms with Crippen molar-refractivity contribution in [1.29, 1.82) is 0 Å². The van der Waals surface area contributed by atoms with Gasteiger partial charge in [-0.2, -0.15) is 5.01 Å². The molecule has 9 heteroatoms. The molecule has 0 saturated carbocycles. The van der Waals surface area contributed by atoms with Crippen LogP contribution in [-0.4, -0.2) is 28.6 Å². The Morgan fingerprint density at radius 2 is 1.89 bits per heavy atom. The molecule has 2 N–H and O–H groups in total. The van der Waals surface area contributed by atoms with E-state index >= 15 is 0 Å². The minimum Gasteiger partial charge on any atom is -0.318 e. The van der Waals surface area contributed by atoms with E-state index < -0.39 is 23.4 Å². The summed E-state index contributed by atoms with van der Waals surface area (Å²) in [7, 11) is 0. The topological polar surface area (TPSA) is 78.5 Å². The van der Waals surface area contributed by atoms with E-state index in [1.807, 2.05) is 6.07 Å². The number of nitrogens with one attached hydrogen (secondary N) is 2. The summed E-state index contributed by atoms with van der Waals surface area (Å²) in [5, 5.41) is 4.40. The molecular weight excluding hydrogens is 421 g/mol. The quantitative estimate of drug-likeness (QED) is 0.529. The summed E-state index contributed by atoms with van der Waals surface area (Å²) in [5.74, 6) is -1.07. The van der Waals surface area contributed by atoms with Crippen LogP contribution < -0.4 is 10.7 Å². The van der Waals surface area contributed by atoms with Gasteiger partial charge in [0.1, 0.15) is 5.54 Å². The molecule has 6 nitrogen and oxygen atoms in total. The maximum Gasteiger partial charge on any atom is 0.344 e. The smallest absolute Gasteiger partial charge is 0.318 e. The second kappa shape index (κ2) is 8.43. The monoisotopic (exact) mass is 437 g/mol. The summed E-state index contributed by atoms with van der Waals surface area (Å²) in [5.41, 5.74) is 1.84. The zero-order valence-electron chi connectivity index (χ0n) is 14.9. The third-order valence-corrected chi connectivity index (χ3v) is 6.11. The lowest BCUT2D eigenvalue weighted by Crippen LogP contribution is -2.49. The fraction of sp³-hybridized carbons (Fsp3) is 0.211. The van der Waals surface area contributed by atoms with Gasteiger partial charge in [0.05, 0.1) is 10.8 Å². The molecular formula is C19H17Cl2N3O3S. The Bertz CT molecular complexity index is 926. The van der Waals surface area contributed by atoms with Crippen LogP contribution in [-0.2, 0) is 15.1 Å². The van der Waals surface area contributed by atoms with E-state index in [0.717, 1.165) is 16.8 Å². The average molecular weight is 438 g/mol. The molecule has 1 aliphatic rings. The highest BCUT2D eigenvalue weighted by Crippen LogP contribution is 2.32. The van der Waals surface area contributed by atoms with E-state index in [1.54, 1.807) is 49.4 Å². The van der Waals surface area contributed by atoms with Crippen molar-refractivity contribution in [1.82, 2.24) is 15.8 Å². The number of carbonyl (C=O) groups is 3. The molecule has 0 radical (unpaired) electrons. The van der Waals surface area contributed by atoms with E-state index in [4.69, 9.17) is 23.2 Å².